The van der Waals surface area contributed by atoms with E-state index in [-0.39, 0.29) is 11.3 Å². The lowest BCUT2D eigenvalue weighted by atomic mass is 10.2. The maximum Gasteiger partial charge on any atom is 0.337 e. The highest BCUT2D eigenvalue weighted by atomic mass is 16.4. The van der Waals surface area contributed by atoms with E-state index in [4.69, 9.17) is 16.2 Å². The number of nitrogens with zero attached hydrogens (tertiary/aromatic N) is 2. The van der Waals surface area contributed by atoms with Crippen LogP contribution in [-0.2, 0) is 4.79 Å². The highest BCUT2D eigenvalue weighted by Crippen LogP contribution is 2.14. The van der Waals surface area contributed by atoms with Crippen molar-refractivity contribution >= 4 is 23.3 Å². The number of hydrazone groups is 1. The molecule has 0 unspecified atom stereocenters. The molecule has 18 heavy (non-hydrogen) atoms. The smallest absolute Gasteiger partial charge is 0.337 e. The number of carboxylic acid groups (broad SMARTS) is 1. The molecule has 0 aliphatic rings. The van der Waals surface area contributed by atoms with Crippen molar-refractivity contribution in [1.29, 1.82) is 5.26 Å². The van der Waals surface area contributed by atoms with E-state index >= 15 is 0 Å². The molecule has 1 amide bonds. The van der Waals surface area contributed by atoms with Gasteiger partial charge in [-0.25, -0.2) is 10.6 Å². The Kier molecular flexibility index (Phi) is 4.36. The van der Waals surface area contributed by atoms with Crippen LogP contribution in [0.3, 0.4) is 0 Å². The molecule has 0 aromatic heterocycles. The van der Waals surface area contributed by atoms with E-state index in [1.165, 1.54) is 24.3 Å². The summed E-state index contributed by atoms with van der Waals surface area (Å²) >= 11 is 0. The third-order valence-corrected chi connectivity index (χ3v) is 1.90. The Morgan fingerprint density at radius 3 is 2.61 bits per heavy atom. The van der Waals surface area contributed by atoms with Crippen molar-refractivity contribution in [3.63, 3.8) is 0 Å². The summed E-state index contributed by atoms with van der Waals surface area (Å²) < 4.78 is 0. The zero-order chi connectivity index (χ0) is 13.5. The average Bonchev–Trinajstić information content (AvgIpc) is 2.39. The van der Waals surface area contributed by atoms with Crippen LogP contribution in [0.2, 0.25) is 0 Å². The number of nitriles is 1. The molecule has 0 fully saturated rings. The zero-order valence-electron chi connectivity index (χ0n) is 9.04. The standard InChI is InChI=1S/C10H9N5O3/c11-5-8(9(16)13-12)15-14-7-4-2-1-3-6(7)10(17)18/h1-4,14H,12H2,(H,13,16)(H,17,18). The highest BCUT2D eigenvalue weighted by Gasteiger charge is 2.11. The Labute approximate surface area is 102 Å². The SMILES string of the molecule is N#CC(=NNc1ccccc1C(=O)O)C(=O)NN. The predicted octanol–water partition coefficient (Wildman–Crippen LogP) is -0.334. The number of carbonyl (C=O) groups excluding carboxylic acids is 1. The number of nitrogens with two attached hydrogens (primary N) is 1. The van der Waals surface area contributed by atoms with Crippen LogP contribution in [0.5, 0.6) is 0 Å². The number of hydrazine groups is 1. The Morgan fingerprint density at radius 1 is 1.39 bits per heavy atom. The molecule has 1 aromatic carbocycles. The van der Waals surface area contributed by atoms with E-state index in [0.29, 0.717) is 0 Å². The van der Waals surface area contributed by atoms with E-state index in [2.05, 4.69) is 10.5 Å². The van der Waals surface area contributed by atoms with Gasteiger partial charge in [0.15, 0.2) is 0 Å². The summed E-state index contributed by atoms with van der Waals surface area (Å²) in [6.45, 7) is 0. The number of carboxylic acids is 1. The lowest BCUT2D eigenvalue weighted by Gasteiger charge is -2.04. The maximum atomic E-state index is 11.0. The highest BCUT2D eigenvalue weighted by molar-refractivity contribution is 6.45. The molecule has 0 saturated carbocycles. The van der Waals surface area contributed by atoms with Crippen LogP contribution in [0, 0.1) is 11.3 Å². The van der Waals surface area contributed by atoms with Crippen LogP contribution in [-0.4, -0.2) is 22.7 Å². The first kappa shape index (κ1) is 13.1. The van der Waals surface area contributed by atoms with E-state index in [1.807, 2.05) is 0 Å². The van der Waals surface area contributed by atoms with Gasteiger partial charge in [-0.3, -0.25) is 15.6 Å². The summed E-state index contributed by atoms with van der Waals surface area (Å²) in [5, 5.41) is 21.0. The maximum absolute atomic E-state index is 11.0. The normalized spacial score (nSPS) is 10.3. The molecule has 0 heterocycles. The van der Waals surface area contributed by atoms with E-state index in [0.717, 1.165) is 0 Å². The predicted molar refractivity (Wildman–Crippen MR) is 62.4 cm³/mol. The van der Waals surface area contributed by atoms with Crippen molar-refractivity contribution in [3.05, 3.63) is 29.8 Å². The lowest BCUT2D eigenvalue weighted by Crippen LogP contribution is -2.36. The minimum Gasteiger partial charge on any atom is -0.478 e. The summed E-state index contributed by atoms with van der Waals surface area (Å²) in [5.41, 5.74) is 3.67. The van der Waals surface area contributed by atoms with Gasteiger partial charge in [-0.05, 0) is 12.1 Å². The number of para-hydroxylation sites is 1. The first-order chi connectivity index (χ1) is 8.60. The largest absolute Gasteiger partial charge is 0.478 e. The van der Waals surface area contributed by atoms with Crippen LogP contribution in [0.15, 0.2) is 29.4 Å². The average molecular weight is 247 g/mol. The first-order valence-electron chi connectivity index (χ1n) is 4.67. The summed E-state index contributed by atoms with van der Waals surface area (Å²) in [5.74, 6) is 2.81. The van der Waals surface area contributed by atoms with E-state index < -0.39 is 17.6 Å². The molecule has 1 aromatic rings. The van der Waals surface area contributed by atoms with Gasteiger partial charge in [0, 0.05) is 0 Å². The van der Waals surface area contributed by atoms with Gasteiger partial charge in [0.1, 0.15) is 6.07 Å². The number of hydrogen-bond acceptors (Lipinski definition) is 6. The molecule has 1 rings (SSSR count). The first-order valence-corrected chi connectivity index (χ1v) is 4.67. The third-order valence-electron chi connectivity index (χ3n) is 1.90. The fourth-order valence-electron chi connectivity index (χ4n) is 1.08. The van der Waals surface area contributed by atoms with Crippen molar-refractivity contribution in [1.82, 2.24) is 5.43 Å². The number of aromatic carboxylic acids is 1. The van der Waals surface area contributed by atoms with Crippen molar-refractivity contribution in [2.75, 3.05) is 5.43 Å². The lowest BCUT2D eigenvalue weighted by molar-refractivity contribution is -0.114. The van der Waals surface area contributed by atoms with Gasteiger partial charge in [0.2, 0.25) is 5.71 Å². The van der Waals surface area contributed by atoms with Crippen LogP contribution < -0.4 is 16.7 Å². The molecule has 0 aliphatic carbocycles. The fraction of sp³-hybridized carbons (Fsp3) is 0. The summed E-state index contributed by atoms with van der Waals surface area (Å²) in [6.07, 6.45) is 0. The van der Waals surface area contributed by atoms with Gasteiger partial charge in [0.25, 0.3) is 5.91 Å². The van der Waals surface area contributed by atoms with Crippen molar-refractivity contribution < 1.29 is 14.7 Å². The molecule has 0 atom stereocenters. The van der Waals surface area contributed by atoms with Crippen LogP contribution in [0.25, 0.3) is 0 Å². The van der Waals surface area contributed by atoms with Crippen molar-refractivity contribution in [2.24, 2.45) is 10.9 Å². The number of nitrogens with one attached hydrogen (secondary N) is 2. The minimum absolute atomic E-state index is 0.0355. The minimum atomic E-state index is -1.16. The number of anilines is 1. The Balaban J connectivity index is 2.99. The van der Waals surface area contributed by atoms with Gasteiger partial charge < -0.3 is 5.11 Å². The molecule has 0 spiro atoms. The van der Waals surface area contributed by atoms with Gasteiger partial charge >= 0.3 is 5.97 Å². The molecule has 0 saturated heterocycles. The van der Waals surface area contributed by atoms with Gasteiger partial charge in [-0.1, -0.05) is 12.1 Å². The summed E-state index contributed by atoms with van der Waals surface area (Å²) in [4.78, 5) is 21.9. The number of carbonyl (C=O) groups is 2. The molecule has 0 aliphatic heterocycles. The second-order valence-corrected chi connectivity index (χ2v) is 3.01. The monoisotopic (exact) mass is 247 g/mol. The second kappa shape index (κ2) is 5.97. The summed E-state index contributed by atoms with van der Waals surface area (Å²) in [6, 6.07) is 7.44. The quantitative estimate of drug-likeness (QED) is 0.248. The Bertz CT molecular complexity index is 547. The summed E-state index contributed by atoms with van der Waals surface area (Å²) in [7, 11) is 0. The molecule has 92 valence electrons. The van der Waals surface area contributed by atoms with Crippen LogP contribution in [0.4, 0.5) is 5.69 Å². The molecule has 8 nitrogen and oxygen atoms in total. The van der Waals surface area contributed by atoms with Gasteiger partial charge in [0.05, 0.1) is 11.3 Å². The molecular weight excluding hydrogens is 238 g/mol. The van der Waals surface area contributed by atoms with E-state index in [1.54, 1.807) is 11.5 Å². The molecule has 5 N–H and O–H groups in total. The van der Waals surface area contributed by atoms with Crippen LogP contribution >= 0.6 is 0 Å². The van der Waals surface area contributed by atoms with E-state index in [9.17, 15) is 9.59 Å². The van der Waals surface area contributed by atoms with Crippen molar-refractivity contribution in [3.8, 4) is 6.07 Å². The molecule has 0 radical (unpaired) electrons. The molecule has 0 bridgehead atoms. The Hall–Kier alpha value is -2.92. The second-order valence-electron chi connectivity index (χ2n) is 3.01. The number of amides is 1. The zero-order valence-corrected chi connectivity index (χ0v) is 9.04. The van der Waals surface area contributed by atoms with Gasteiger partial charge in [-0.2, -0.15) is 10.4 Å². The topological polar surface area (TPSA) is 141 Å². The number of hydrogen-bond donors (Lipinski definition) is 4. The van der Waals surface area contributed by atoms with Crippen LogP contribution in [0.1, 0.15) is 10.4 Å². The van der Waals surface area contributed by atoms with Crippen molar-refractivity contribution in [2.45, 2.75) is 0 Å². The number of benzene rings is 1. The van der Waals surface area contributed by atoms with Gasteiger partial charge in [-0.15, -0.1) is 0 Å². The number of rotatable bonds is 4. The third kappa shape index (κ3) is 3.03. The molecular formula is C10H9N5O3. The Morgan fingerprint density at radius 2 is 2.06 bits per heavy atom. The fourth-order valence-corrected chi connectivity index (χ4v) is 1.08. The molecule has 8 heteroatoms.